The Labute approximate surface area is 183 Å². The zero-order valence-electron chi connectivity index (χ0n) is 17.1. The molecular weight excluding hydrogens is 386 g/mol. The van der Waals surface area contributed by atoms with E-state index in [1.807, 2.05) is 54.6 Å². The van der Waals surface area contributed by atoms with Crippen molar-refractivity contribution in [2.24, 2.45) is 11.5 Å². The Morgan fingerprint density at radius 1 is 0.935 bits per heavy atom. The summed E-state index contributed by atoms with van der Waals surface area (Å²) in [5.41, 5.74) is 17.1. The smallest absolute Gasteiger partial charge is 0.117 e. The normalized spacial score (nSPS) is 11.8. The van der Waals surface area contributed by atoms with Crippen molar-refractivity contribution in [3.63, 3.8) is 0 Å². The van der Waals surface area contributed by atoms with Crippen molar-refractivity contribution in [2.75, 3.05) is 5.32 Å². The molecule has 6 heteroatoms. The van der Waals surface area contributed by atoms with E-state index in [9.17, 15) is 4.39 Å². The summed E-state index contributed by atoms with van der Waals surface area (Å²) in [4.78, 5) is 0. The summed E-state index contributed by atoms with van der Waals surface area (Å²) in [6, 6.07) is 22.0. The Balaban J connectivity index is 1.62. The van der Waals surface area contributed by atoms with Gasteiger partial charge in [-0.3, -0.25) is 0 Å². The molecule has 3 aromatic rings. The van der Waals surface area contributed by atoms with Gasteiger partial charge in [0.05, 0.1) is 0 Å². The number of hydrogen-bond donors (Lipinski definition) is 4. The van der Waals surface area contributed by atoms with Crippen LogP contribution in [0.25, 0.3) is 11.4 Å². The highest BCUT2D eigenvalue weighted by Gasteiger charge is 2.03. The zero-order chi connectivity index (χ0) is 22.2. The molecule has 6 N–H and O–H groups in total. The van der Waals surface area contributed by atoms with Gasteiger partial charge in [0.1, 0.15) is 19.5 Å². The van der Waals surface area contributed by atoms with Crippen LogP contribution in [0.2, 0.25) is 0 Å². The molecule has 0 spiro atoms. The van der Waals surface area contributed by atoms with E-state index in [4.69, 9.17) is 19.3 Å². The molecule has 0 aromatic heterocycles. The van der Waals surface area contributed by atoms with Crippen LogP contribution in [0.15, 0.2) is 97.3 Å². The molecule has 0 aliphatic carbocycles. The highest BCUT2D eigenvalue weighted by molar-refractivity contribution is 6.32. The zero-order valence-corrected chi connectivity index (χ0v) is 17.1. The van der Waals surface area contributed by atoms with E-state index in [0.717, 1.165) is 28.1 Å². The monoisotopic (exact) mass is 410 g/mol. The van der Waals surface area contributed by atoms with Crippen LogP contribution in [0, 0.1) is 5.82 Å². The Hall–Kier alpha value is -3.93. The predicted octanol–water partition coefficient (Wildman–Crippen LogP) is 3.59. The van der Waals surface area contributed by atoms with Crippen molar-refractivity contribution in [3.05, 3.63) is 120 Å². The molecular formula is C25H24BFN4. The Kier molecular flexibility index (Phi) is 7.17. The lowest BCUT2D eigenvalue weighted by atomic mass is 9.93. The number of anilines is 1. The first-order valence-electron chi connectivity index (χ1n) is 9.75. The second-order valence-corrected chi connectivity index (χ2v) is 7.00. The Bertz CT molecular complexity index is 1120. The topological polar surface area (TPSA) is 76.1 Å². The fourth-order valence-corrected chi connectivity index (χ4v) is 2.91. The third-order valence-electron chi connectivity index (χ3n) is 4.62. The second kappa shape index (κ2) is 10.2. The molecule has 0 aliphatic rings. The highest BCUT2D eigenvalue weighted by Crippen LogP contribution is 2.17. The van der Waals surface area contributed by atoms with Gasteiger partial charge in [0, 0.05) is 23.6 Å². The van der Waals surface area contributed by atoms with Gasteiger partial charge in [-0.25, -0.2) is 4.39 Å². The van der Waals surface area contributed by atoms with E-state index >= 15 is 0 Å². The van der Waals surface area contributed by atoms with E-state index in [2.05, 4.69) is 17.2 Å². The first kappa shape index (κ1) is 21.8. The van der Waals surface area contributed by atoms with Crippen LogP contribution in [0.5, 0.6) is 0 Å². The van der Waals surface area contributed by atoms with Crippen LogP contribution in [-0.4, -0.2) is 7.85 Å². The maximum absolute atomic E-state index is 13.3. The first-order valence-corrected chi connectivity index (χ1v) is 9.75. The van der Waals surface area contributed by atoms with Crippen molar-refractivity contribution in [1.82, 2.24) is 5.32 Å². The van der Waals surface area contributed by atoms with E-state index in [1.54, 1.807) is 24.3 Å². The minimum absolute atomic E-state index is 0.125. The molecule has 0 fully saturated rings. The number of nitrogens with two attached hydrogens (primary N) is 2. The van der Waals surface area contributed by atoms with Crippen LogP contribution >= 0.6 is 0 Å². The average Bonchev–Trinajstić information content (AvgIpc) is 2.78. The van der Waals surface area contributed by atoms with Gasteiger partial charge in [-0.15, -0.1) is 0 Å². The van der Waals surface area contributed by atoms with Crippen LogP contribution in [0.3, 0.4) is 0 Å². The summed E-state index contributed by atoms with van der Waals surface area (Å²) < 4.78 is 13.3. The van der Waals surface area contributed by atoms with Crippen molar-refractivity contribution >= 4 is 30.4 Å². The molecule has 0 amide bonds. The highest BCUT2D eigenvalue weighted by atomic mass is 19.1. The lowest BCUT2D eigenvalue weighted by molar-refractivity contribution is 0.635. The number of allylic oxidation sites excluding steroid dienone is 2. The third-order valence-corrected chi connectivity index (χ3v) is 4.62. The van der Waals surface area contributed by atoms with E-state index in [-0.39, 0.29) is 5.46 Å². The number of nitrogens with one attached hydrogen (secondary N) is 2. The number of hydrogen-bond acceptors (Lipinski definition) is 4. The number of benzene rings is 3. The van der Waals surface area contributed by atoms with E-state index in [0.29, 0.717) is 18.1 Å². The molecule has 3 rings (SSSR count). The van der Waals surface area contributed by atoms with Gasteiger partial charge in [0.2, 0.25) is 0 Å². The molecule has 0 bridgehead atoms. The van der Waals surface area contributed by atoms with E-state index in [1.165, 1.54) is 6.07 Å². The molecule has 4 nitrogen and oxygen atoms in total. The lowest BCUT2D eigenvalue weighted by Crippen LogP contribution is -2.15. The van der Waals surface area contributed by atoms with Gasteiger partial charge in [-0.05, 0) is 47.0 Å². The lowest BCUT2D eigenvalue weighted by Gasteiger charge is -2.13. The quantitative estimate of drug-likeness (QED) is 0.338. The molecule has 0 atom stereocenters. The fraction of sp³-hybridized carbons (Fsp3) is 0.0400. The number of halogens is 1. The largest absolute Gasteiger partial charge is 0.398 e. The molecule has 0 aliphatic heterocycles. The molecule has 31 heavy (non-hydrogen) atoms. The van der Waals surface area contributed by atoms with Crippen molar-refractivity contribution in [1.29, 1.82) is 0 Å². The molecule has 0 unspecified atom stereocenters. The van der Waals surface area contributed by atoms with Gasteiger partial charge in [-0.2, -0.15) is 0 Å². The van der Waals surface area contributed by atoms with Crippen molar-refractivity contribution in [3.8, 4) is 0 Å². The summed E-state index contributed by atoms with van der Waals surface area (Å²) >= 11 is 0. The summed E-state index contributed by atoms with van der Waals surface area (Å²) in [6.45, 7) is 4.56. The van der Waals surface area contributed by atoms with Crippen LogP contribution in [-0.2, 0) is 6.54 Å². The maximum atomic E-state index is 13.3. The molecule has 0 heterocycles. The fourth-order valence-electron chi connectivity index (χ4n) is 2.91. The van der Waals surface area contributed by atoms with Crippen molar-refractivity contribution < 1.29 is 4.39 Å². The molecule has 0 saturated carbocycles. The standard InChI is InChI=1S/C25H24BFN4/c1-17(30-16-18-10-11-23(27)22(26)14-18)20-8-5-9-21(15-20)31-25(29)13-12-24(28)19-6-3-2-4-7-19/h2-15,30-31H,1,16,28-29H2/b24-12-,25-13+. The van der Waals surface area contributed by atoms with Crippen LogP contribution < -0.4 is 27.6 Å². The van der Waals surface area contributed by atoms with Gasteiger partial charge in [0.25, 0.3) is 0 Å². The molecule has 0 saturated heterocycles. The van der Waals surface area contributed by atoms with Gasteiger partial charge in [0.15, 0.2) is 0 Å². The minimum atomic E-state index is -0.424. The number of rotatable bonds is 8. The maximum Gasteiger partial charge on any atom is 0.117 e. The summed E-state index contributed by atoms with van der Waals surface area (Å²) in [6.07, 6.45) is 3.48. The molecule has 2 radical (unpaired) electrons. The molecule has 3 aromatic carbocycles. The van der Waals surface area contributed by atoms with Gasteiger partial charge < -0.3 is 22.1 Å². The minimum Gasteiger partial charge on any atom is -0.398 e. The Morgan fingerprint density at radius 2 is 1.68 bits per heavy atom. The van der Waals surface area contributed by atoms with Gasteiger partial charge >= 0.3 is 0 Å². The summed E-state index contributed by atoms with van der Waals surface area (Å²) in [5.74, 6) is 0.0313. The summed E-state index contributed by atoms with van der Waals surface area (Å²) in [7, 11) is 5.62. The third kappa shape index (κ3) is 6.28. The van der Waals surface area contributed by atoms with E-state index < -0.39 is 5.82 Å². The van der Waals surface area contributed by atoms with Crippen molar-refractivity contribution in [2.45, 2.75) is 6.54 Å². The first-order chi connectivity index (χ1) is 14.9. The average molecular weight is 410 g/mol. The predicted molar refractivity (Wildman–Crippen MR) is 129 cm³/mol. The molecule has 154 valence electrons. The second-order valence-electron chi connectivity index (χ2n) is 7.00. The van der Waals surface area contributed by atoms with Crippen LogP contribution in [0.4, 0.5) is 10.1 Å². The SMILES string of the molecule is [B]c1cc(CNC(=C)c2cccc(N/C(N)=C/C=C(\N)c3ccccc3)c2)ccc1F. The van der Waals surface area contributed by atoms with Crippen LogP contribution in [0.1, 0.15) is 16.7 Å². The Morgan fingerprint density at radius 3 is 2.42 bits per heavy atom. The van der Waals surface area contributed by atoms with Gasteiger partial charge in [-0.1, -0.05) is 66.6 Å². The summed E-state index contributed by atoms with van der Waals surface area (Å²) in [5, 5.41) is 6.37.